The summed E-state index contributed by atoms with van der Waals surface area (Å²) < 4.78 is 27.4. The van der Waals surface area contributed by atoms with E-state index in [1.165, 1.54) is 4.90 Å². The van der Waals surface area contributed by atoms with Crippen molar-refractivity contribution >= 4 is 43.5 Å². The number of hydrogen-bond donors (Lipinski definition) is 1. The largest absolute Gasteiger partial charge is 0.352 e. The van der Waals surface area contributed by atoms with Crippen molar-refractivity contribution < 1.29 is 18.0 Å². The Balaban J connectivity index is 2.42. The minimum absolute atomic E-state index is 0.0398. The van der Waals surface area contributed by atoms with Crippen LogP contribution in [-0.2, 0) is 26.2 Å². The highest BCUT2D eigenvalue weighted by Crippen LogP contribution is 2.24. The van der Waals surface area contributed by atoms with Crippen LogP contribution in [-0.4, -0.2) is 50.0 Å². The Kier molecular flexibility index (Phi) is 9.70. The van der Waals surface area contributed by atoms with Crippen molar-refractivity contribution in [3.63, 3.8) is 0 Å². The Labute approximate surface area is 211 Å². The molecule has 2 rings (SSSR count). The van der Waals surface area contributed by atoms with Gasteiger partial charge in [-0.05, 0) is 69.0 Å². The second-order valence-electron chi connectivity index (χ2n) is 8.70. The van der Waals surface area contributed by atoms with Gasteiger partial charge in [0.25, 0.3) is 0 Å². The monoisotopic (exact) mass is 551 g/mol. The molecule has 0 aliphatic rings. The Hall–Kier alpha value is -2.39. The summed E-state index contributed by atoms with van der Waals surface area (Å²) in [5.74, 6) is -0.737. The van der Waals surface area contributed by atoms with Crippen LogP contribution < -0.4 is 9.62 Å². The van der Waals surface area contributed by atoms with Crippen molar-refractivity contribution in [3.8, 4) is 0 Å². The van der Waals surface area contributed by atoms with E-state index in [0.29, 0.717) is 5.69 Å². The van der Waals surface area contributed by atoms with E-state index in [0.717, 1.165) is 38.1 Å². The summed E-state index contributed by atoms with van der Waals surface area (Å²) in [5.41, 5.74) is 2.91. The van der Waals surface area contributed by atoms with Crippen LogP contribution in [0.3, 0.4) is 0 Å². The first kappa shape index (κ1) is 27.9. The molecule has 2 amide bonds. The van der Waals surface area contributed by atoms with Gasteiger partial charge in [0, 0.05) is 17.1 Å². The number of nitrogens with one attached hydrogen (secondary N) is 1. The van der Waals surface area contributed by atoms with Gasteiger partial charge in [-0.15, -0.1) is 0 Å². The van der Waals surface area contributed by atoms with Crippen LogP contribution in [0.4, 0.5) is 5.69 Å². The molecule has 0 aliphatic heterocycles. The first-order chi connectivity index (χ1) is 15.8. The number of hydrogen-bond acceptors (Lipinski definition) is 4. The van der Waals surface area contributed by atoms with Crippen molar-refractivity contribution in [2.75, 3.05) is 17.1 Å². The highest BCUT2D eigenvalue weighted by Gasteiger charge is 2.31. The molecule has 0 fully saturated rings. The molecule has 34 heavy (non-hydrogen) atoms. The Morgan fingerprint density at radius 1 is 1.06 bits per heavy atom. The number of sulfonamides is 1. The second kappa shape index (κ2) is 11.8. The summed E-state index contributed by atoms with van der Waals surface area (Å²) in [5, 5.41) is 2.92. The number of aryl methyl sites for hydroxylation is 2. The lowest BCUT2D eigenvalue weighted by atomic mass is 10.1. The highest BCUT2D eigenvalue weighted by molar-refractivity contribution is 9.10. The van der Waals surface area contributed by atoms with Crippen LogP contribution >= 0.6 is 15.9 Å². The summed E-state index contributed by atoms with van der Waals surface area (Å²) in [6.07, 6.45) is 1.84. The molecule has 7 nitrogen and oxygen atoms in total. The lowest BCUT2D eigenvalue weighted by Gasteiger charge is -2.32. The Morgan fingerprint density at radius 2 is 1.68 bits per heavy atom. The summed E-state index contributed by atoms with van der Waals surface area (Å²) in [6.45, 7) is 8.97. The molecule has 2 aromatic carbocycles. The number of carbonyl (C=O) groups is 2. The molecule has 0 bridgehead atoms. The molecule has 2 aromatic rings. The number of amides is 2. The summed E-state index contributed by atoms with van der Waals surface area (Å²) in [6, 6.07) is 12.1. The highest BCUT2D eigenvalue weighted by atomic mass is 79.9. The summed E-state index contributed by atoms with van der Waals surface area (Å²) in [7, 11) is -3.75. The molecule has 9 heteroatoms. The van der Waals surface area contributed by atoms with Gasteiger partial charge in [0.15, 0.2) is 0 Å². The maximum absolute atomic E-state index is 13.6. The molecule has 1 N–H and O–H groups in total. The van der Waals surface area contributed by atoms with Crippen LogP contribution in [0, 0.1) is 13.8 Å². The molecular weight excluding hydrogens is 518 g/mol. The topological polar surface area (TPSA) is 86.8 Å². The summed E-state index contributed by atoms with van der Waals surface area (Å²) in [4.78, 5) is 27.9. The standard InChI is InChI=1S/C25H34BrN3O4S/c1-7-19(4)27-25(31)20(5)28(15-21-10-12-22(26)13-11-21)24(30)16-29(34(6,32)33)23-14-17(2)8-9-18(23)3/h8-14,19-20H,7,15-16H2,1-6H3,(H,27,31)/t19-,20+/m1/s1. The third kappa shape index (κ3) is 7.56. The summed E-state index contributed by atoms with van der Waals surface area (Å²) >= 11 is 3.40. The van der Waals surface area contributed by atoms with Crippen molar-refractivity contribution in [2.24, 2.45) is 0 Å². The van der Waals surface area contributed by atoms with Gasteiger partial charge in [0.05, 0.1) is 11.9 Å². The van der Waals surface area contributed by atoms with Crippen LogP contribution in [0.15, 0.2) is 46.9 Å². The Bertz CT molecular complexity index is 1120. The first-order valence-corrected chi connectivity index (χ1v) is 13.9. The van der Waals surface area contributed by atoms with E-state index in [2.05, 4.69) is 21.2 Å². The average molecular weight is 553 g/mol. The molecule has 0 spiro atoms. The van der Waals surface area contributed by atoms with Gasteiger partial charge in [0.1, 0.15) is 12.6 Å². The number of anilines is 1. The Morgan fingerprint density at radius 3 is 2.24 bits per heavy atom. The molecule has 0 saturated carbocycles. The molecule has 2 atom stereocenters. The van der Waals surface area contributed by atoms with E-state index in [1.807, 2.05) is 57.2 Å². The minimum atomic E-state index is -3.75. The molecule has 0 aliphatic carbocycles. The van der Waals surface area contributed by atoms with Gasteiger partial charge in [0.2, 0.25) is 21.8 Å². The van der Waals surface area contributed by atoms with Crippen LogP contribution in [0.1, 0.15) is 43.9 Å². The number of benzene rings is 2. The number of carbonyl (C=O) groups excluding carboxylic acids is 2. The molecule has 0 aromatic heterocycles. The SMILES string of the molecule is CC[C@@H](C)NC(=O)[C@H](C)N(Cc1ccc(Br)cc1)C(=O)CN(c1cc(C)ccc1C)S(C)(=O)=O. The number of halogens is 1. The molecular formula is C25H34BrN3O4S. The third-order valence-corrected chi connectivity index (χ3v) is 7.40. The fourth-order valence-electron chi connectivity index (χ4n) is 3.42. The van der Waals surface area contributed by atoms with E-state index in [1.54, 1.807) is 19.9 Å². The predicted molar refractivity (Wildman–Crippen MR) is 140 cm³/mol. The van der Waals surface area contributed by atoms with Gasteiger partial charge in [-0.1, -0.05) is 47.1 Å². The van der Waals surface area contributed by atoms with E-state index >= 15 is 0 Å². The normalized spacial score (nSPS) is 13.1. The van der Waals surface area contributed by atoms with Gasteiger partial charge in [-0.3, -0.25) is 13.9 Å². The number of rotatable bonds is 10. The molecule has 0 unspecified atom stereocenters. The van der Waals surface area contributed by atoms with E-state index in [9.17, 15) is 18.0 Å². The fraction of sp³-hybridized carbons (Fsp3) is 0.440. The smallest absolute Gasteiger partial charge is 0.244 e. The van der Waals surface area contributed by atoms with Crippen molar-refractivity contribution in [3.05, 3.63) is 63.6 Å². The second-order valence-corrected chi connectivity index (χ2v) is 11.5. The van der Waals surface area contributed by atoms with Crippen molar-refractivity contribution in [2.45, 2.75) is 59.7 Å². The van der Waals surface area contributed by atoms with Crippen LogP contribution in [0.25, 0.3) is 0 Å². The van der Waals surface area contributed by atoms with E-state index in [4.69, 9.17) is 0 Å². The third-order valence-electron chi connectivity index (χ3n) is 5.75. The van der Waals surface area contributed by atoms with Crippen LogP contribution in [0.5, 0.6) is 0 Å². The molecule has 0 radical (unpaired) electrons. The quantitative estimate of drug-likeness (QED) is 0.480. The van der Waals surface area contributed by atoms with Gasteiger partial charge in [-0.2, -0.15) is 0 Å². The van der Waals surface area contributed by atoms with E-state index < -0.39 is 28.5 Å². The lowest BCUT2D eigenvalue weighted by Crippen LogP contribution is -2.52. The van der Waals surface area contributed by atoms with E-state index in [-0.39, 0.29) is 18.5 Å². The lowest BCUT2D eigenvalue weighted by molar-refractivity contribution is -0.139. The molecule has 0 saturated heterocycles. The predicted octanol–water partition coefficient (Wildman–Crippen LogP) is 4.16. The first-order valence-electron chi connectivity index (χ1n) is 11.2. The van der Waals surface area contributed by atoms with Crippen molar-refractivity contribution in [1.29, 1.82) is 0 Å². The van der Waals surface area contributed by atoms with Gasteiger partial charge in [-0.25, -0.2) is 8.42 Å². The maximum atomic E-state index is 13.6. The molecule has 186 valence electrons. The fourth-order valence-corrected chi connectivity index (χ4v) is 4.58. The zero-order valence-corrected chi connectivity index (χ0v) is 23.0. The van der Waals surface area contributed by atoms with Crippen LogP contribution in [0.2, 0.25) is 0 Å². The zero-order valence-electron chi connectivity index (χ0n) is 20.6. The van der Waals surface area contributed by atoms with Crippen molar-refractivity contribution in [1.82, 2.24) is 10.2 Å². The minimum Gasteiger partial charge on any atom is -0.352 e. The number of nitrogens with zero attached hydrogens (tertiary/aromatic N) is 2. The van der Waals surface area contributed by atoms with Gasteiger partial charge >= 0.3 is 0 Å². The average Bonchev–Trinajstić information content (AvgIpc) is 2.77. The zero-order chi connectivity index (χ0) is 25.6. The van der Waals surface area contributed by atoms with Gasteiger partial charge < -0.3 is 10.2 Å². The molecule has 0 heterocycles. The maximum Gasteiger partial charge on any atom is 0.244 e.